The van der Waals surface area contributed by atoms with Crippen LogP contribution in [0.1, 0.15) is 24.0 Å². The molecule has 3 heteroatoms. The number of nitrogens with zero attached hydrogens (tertiary/aromatic N) is 1. The van der Waals surface area contributed by atoms with Crippen molar-refractivity contribution in [3.05, 3.63) is 27.7 Å². The summed E-state index contributed by atoms with van der Waals surface area (Å²) in [4.78, 5) is 0. The van der Waals surface area contributed by atoms with E-state index in [2.05, 4.69) is 28.1 Å². The lowest BCUT2D eigenvalue weighted by Gasteiger charge is -2.07. The van der Waals surface area contributed by atoms with Gasteiger partial charge in [0.05, 0.1) is 23.1 Å². The molecule has 0 aliphatic carbocycles. The molecule has 0 amide bonds. The monoisotopic (exact) mass is 251 g/mol. The first-order valence-electron chi connectivity index (χ1n) is 4.57. The maximum absolute atomic E-state index is 8.83. The van der Waals surface area contributed by atoms with Crippen LogP contribution in [-0.2, 0) is 6.42 Å². The molecule has 0 spiro atoms. The Labute approximate surface area is 91.6 Å². The highest BCUT2D eigenvalue weighted by molar-refractivity contribution is 9.10. The fraction of sp³-hybridized carbons (Fsp3) is 0.364. The van der Waals surface area contributed by atoms with Gasteiger partial charge >= 0.3 is 0 Å². The molecule has 0 bridgehead atoms. The number of halogens is 1. The molecule has 1 heterocycles. The number of rotatable bonds is 1. The summed E-state index contributed by atoms with van der Waals surface area (Å²) in [5, 5.41) is 8.83. The smallest absolute Gasteiger partial charge is 0.136 e. The lowest BCUT2D eigenvalue weighted by molar-refractivity contribution is 0.355. The van der Waals surface area contributed by atoms with Gasteiger partial charge in [0, 0.05) is 6.42 Å². The molecule has 0 saturated carbocycles. The fourth-order valence-electron chi connectivity index (χ4n) is 1.61. The van der Waals surface area contributed by atoms with E-state index in [9.17, 15) is 0 Å². The number of nitriles is 1. The Hall–Kier alpha value is -1.01. The molecule has 14 heavy (non-hydrogen) atoms. The van der Waals surface area contributed by atoms with Crippen molar-refractivity contribution in [2.75, 3.05) is 6.61 Å². The van der Waals surface area contributed by atoms with E-state index in [-0.39, 0.29) is 5.92 Å². The Bertz CT molecular complexity index is 408. The van der Waals surface area contributed by atoms with Crippen LogP contribution in [0.4, 0.5) is 0 Å². The maximum Gasteiger partial charge on any atom is 0.136 e. The lowest BCUT2D eigenvalue weighted by atomic mass is 9.99. The first-order valence-corrected chi connectivity index (χ1v) is 5.36. The van der Waals surface area contributed by atoms with Crippen LogP contribution in [0.3, 0.4) is 0 Å². The Morgan fingerprint density at radius 2 is 2.36 bits per heavy atom. The van der Waals surface area contributed by atoms with Crippen molar-refractivity contribution in [2.24, 2.45) is 0 Å². The van der Waals surface area contributed by atoms with Crippen LogP contribution in [0.25, 0.3) is 0 Å². The average molecular weight is 252 g/mol. The van der Waals surface area contributed by atoms with Gasteiger partial charge in [0.2, 0.25) is 0 Å². The third kappa shape index (κ3) is 1.51. The van der Waals surface area contributed by atoms with Gasteiger partial charge in [-0.1, -0.05) is 6.07 Å². The van der Waals surface area contributed by atoms with Gasteiger partial charge in [-0.3, -0.25) is 0 Å². The van der Waals surface area contributed by atoms with Crippen LogP contribution in [0.15, 0.2) is 16.6 Å². The van der Waals surface area contributed by atoms with Crippen molar-refractivity contribution in [2.45, 2.75) is 19.3 Å². The number of hydrogen-bond acceptors (Lipinski definition) is 2. The minimum absolute atomic E-state index is 0.0581. The molecule has 1 aliphatic heterocycles. The van der Waals surface area contributed by atoms with Gasteiger partial charge in [-0.05, 0) is 40.0 Å². The summed E-state index contributed by atoms with van der Waals surface area (Å²) >= 11 is 3.46. The zero-order chi connectivity index (χ0) is 10.1. The molecule has 1 aliphatic rings. The van der Waals surface area contributed by atoms with Crippen LogP contribution in [-0.4, -0.2) is 6.61 Å². The molecule has 1 atom stereocenters. The Balaban J connectivity index is 2.48. The van der Waals surface area contributed by atoms with Crippen LogP contribution in [0, 0.1) is 11.3 Å². The third-order valence-electron chi connectivity index (χ3n) is 2.45. The van der Waals surface area contributed by atoms with E-state index in [4.69, 9.17) is 10.00 Å². The van der Waals surface area contributed by atoms with Crippen molar-refractivity contribution < 1.29 is 4.74 Å². The second kappa shape index (κ2) is 3.62. The molecular formula is C11H10BrNO. The Morgan fingerprint density at radius 1 is 1.57 bits per heavy atom. The largest absolute Gasteiger partial charge is 0.492 e. The van der Waals surface area contributed by atoms with Crippen molar-refractivity contribution in [1.82, 2.24) is 0 Å². The zero-order valence-electron chi connectivity index (χ0n) is 7.88. The highest BCUT2D eigenvalue weighted by atomic mass is 79.9. The molecule has 2 rings (SSSR count). The molecule has 1 aromatic carbocycles. The van der Waals surface area contributed by atoms with E-state index < -0.39 is 0 Å². The number of hydrogen-bond donors (Lipinski definition) is 0. The van der Waals surface area contributed by atoms with E-state index in [1.807, 2.05) is 13.0 Å². The van der Waals surface area contributed by atoms with Gasteiger partial charge in [0.15, 0.2) is 0 Å². The fourth-order valence-corrected chi connectivity index (χ4v) is 2.24. The second-order valence-electron chi connectivity index (χ2n) is 3.44. The Kier molecular flexibility index (Phi) is 2.47. The highest BCUT2D eigenvalue weighted by Crippen LogP contribution is 2.36. The minimum Gasteiger partial charge on any atom is -0.492 e. The van der Waals surface area contributed by atoms with Crippen LogP contribution < -0.4 is 4.74 Å². The van der Waals surface area contributed by atoms with E-state index >= 15 is 0 Å². The van der Waals surface area contributed by atoms with Crippen molar-refractivity contribution in [3.8, 4) is 11.8 Å². The molecule has 1 aromatic rings. The van der Waals surface area contributed by atoms with E-state index in [1.54, 1.807) is 0 Å². The molecular weight excluding hydrogens is 242 g/mol. The number of benzene rings is 1. The van der Waals surface area contributed by atoms with Crippen LogP contribution in [0.5, 0.6) is 5.75 Å². The first kappa shape index (κ1) is 9.54. The van der Waals surface area contributed by atoms with Gasteiger partial charge in [0.25, 0.3) is 0 Å². The zero-order valence-corrected chi connectivity index (χ0v) is 9.47. The SMILES string of the molecule is CC(C#N)c1cc(Br)c2c(c1)CCO2. The Morgan fingerprint density at radius 3 is 3.07 bits per heavy atom. The summed E-state index contributed by atoms with van der Waals surface area (Å²) < 4.78 is 6.43. The lowest BCUT2D eigenvalue weighted by Crippen LogP contribution is -1.91. The number of ether oxygens (including phenoxy) is 1. The van der Waals surface area contributed by atoms with Crippen molar-refractivity contribution >= 4 is 15.9 Å². The molecule has 2 nitrogen and oxygen atoms in total. The van der Waals surface area contributed by atoms with Gasteiger partial charge in [0.1, 0.15) is 5.75 Å². The predicted octanol–water partition coefficient (Wildman–Crippen LogP) is 3.01. The van der Waals surface area contributed by atoms with Crippen molar-refractivity contribution in [3.63, 3.8) is 0 Å². The molecule has 0 radical (unpaired) electrons. The summed E-state index contributed by atoms with van der Waals surface area (Å²) in [7, 11) is 0. The van der Waals surface area contributed by atoms with Crippen LogP contribution >= 0.6 is 15.9 Å². The first-order chi connectivity index (χ1) is 6.72. The molecule has 1 unspecified atom stereocenters. The summed E-state index contributed by atoms with van der Waals surface area (Å²) in [5.74, 6) is 0.885. The molecule has 0 fully saturated rings. The van der Waals surface area contributed by atoms with Gasteiger partial charge in [-0.2, -0.15) is 5.26 Å². The minimum atomic E-state index is -0.0581. The van der Waals surface area contributed by atoms with Crippen LogP contribution in [0.2, 0.25) is 0 Å². The normalized spacial score (nSPS) is 15.5. The van der Waals surface area contributed by atoms with Crippen molar-refractivity contribution in [1.29, 1.82) is 5.26 Å². The quantitative estimate of drug-likeness (QED) is 0.769. The van der Waals surface area contributed by atoms with E-state index in [0.29, 0.717) is 0 Å². The van der Waals surface area contributed by atoms with Gasteiger partial charge in [-0.25, -0.2) is 0 Å². The standard InChI is InChI=1S/C11H10BrNO/c1-7(6-13)9-4-8-2-3-14-11(8)10(12)5-9/h4-5,7H,2-3H2,1H3. The second-order valence-corrected chi connectivity index (χ2v) is 4.29. The molecule has 0 aromatic heterocycles. The van der Waals surface area contributed by atoms with E-state index in [1.165, 1.54) is 5.56 Å². The van der Waals surface area contributed by atoms with E-state index in [0.717, 1.165) is 28.8 Å². The molecule has 72 valence electrons. The topological polar surface area (TPSA) is 33.0 Å². The maximum atomic E-state index is 8.83. The summed E-state index contributed by atoms with van der Waals surface area (Å²) in [6, 6.07) is 6.28. The average Bonchev–Trinajstić information content (AvgIpc) is 2.64. The number of fused-ring (bicyclic) bond motifs is 1. The van der Waals surface area contributed by atoms with Gasteiger partial charge in [-0.15, -0.1) is 0 Å². The summed E-state index contributed by atoms with van der Waals surface area (Å²) in [6.45, 7) is 2.66. The molecule has 0 N–H and O–H groups in total. The van der Waals surface area contributed by atoms with Gasteiger partial charge < -0.3 is 4.74 Å². The highest BCUT2D eigenvalue weighted by Gasteiger charge is 2.18. The predicted molar refractivity (Wildman–Crippen MR) is 57.4 cm³/mol. The summed E-state index contributed by atoms with van der Waals surface area (Å²) in [6.07, 6.45) is 0.944. The third-order valence-corrected chi connectivity index (χ3v) is 3.04. The molecule has 0 saturated heterocycles. The summed E-state index contributed by atoms with van der Waals surface area (Å²) in [5.41, 5.74) is 2.26.